The minimum Gasteiger partial charge on any atom is -0.363 e. The summed E-state index contributed by atoms with van der Waals surface area (Å²) in [7, 11) is 0. The van der Waals surface area contributed by atoms with E-state index >= 15 is 0 Å². The molecular weight excluding hydrogens is 214 g/mol. The molecule has 0 spiro atoms. The summed E-state index contributed by atoms with van der Waals surface area (Å²) < 4.78 is 0. The van der Waals surface area contributed by atoms with Crippen LogP contribution in [0, 0.1) is 5.92 Å². The second kappa shape index (κ2) is 4.20. The Labute approximate surface area is 104 Å². The van der Waals surface area contributed by atoms with Crippen molar-refractivity contribution >= 4 is 0 Å². The van der Waals surface area contributed by atoms with Crippen LogP contribution in [0.2, 0.25) is 0 Å². The van der Waals surface area contributed by atoms with E-state index in [-0.39, 0.29) is 17.0 Å². The molecule has 0 aromatic rings. The highest BCUT2D eigenvalue weighted by molar-refractivity contribution is 4.98. The highest BCUT2D eigenvalue weighted by Gasteiger charge is 2.44. The summed E-state index contributed by atoms with van der Waals surface area (Å²) in [5.41, 5.74) is -0.121. The van der Waals surface area contributed by atoms with Crippen LogP contribution in [0.3, 0.4) is 0 Å². The van der Waals surface area contributed by atoms with Gasteiger partial charge in [-0.3, -0.25) is 0 Å². The van der Waals surface area contributed by atoms with Gasteiger partial charge in [0, 0.05) is 6.08 Å². The molecule has 3 heteroatoms. The Morgan fingerprint density at radius 3 is 2.18 bits per heavy atom. The Bertz CT molecular complexity index is 300. The van der Waals surface area contributed by atoms with Crippen LogP contribution in [0.4, 0.5) is 0 Å². The van der Waals surface area contributed by atoms with Gasteiger partial charge in [0.2, 0.25) is 0 Å². The number of hydrogen-bond acceptors (Lipinski definition) is 2. The Kier molecular flexibility index (Phi) is 3.15. The van der Waals surface area contributed by atoms with Gasteiger partial charge < -0.3 is 4.84 Å². The third kappa shape index (κ3) is 2.95. The van der Waals surface area contributed by atoms with Gasteiger partial charge in [-0.2, -0.15) is 0 Å². The molecule has 0 atom stereocenters. The summed E-state index contributed by atoms with van der Waals surface area (Å²) in [6, 6.07) is 0. The Morgan fingerprint density at radius 1 is 1.18 bits per heavy atom. The van der Waals surface area contributed by atoms with Crippen molar-refractivity contribution in [3.8, 4) is 0 Å². The van der Waals surface area contributed by atoms with Gasteiger partial charge in [-0.1, -0.05) is 0 Å². The van der Waals surface area contributed by atoms with Crippen molar-refractivity contribution in [3.05, 3.63) is 12.0 Å². The number of hydrogen-bond donors (Lipinski definition) is 0. The zero-order valence-corrected chi connectivity index (χ0v) is 11.5. The van der Waals surface area contributed by atoms with Crippen LogP contribution >= 0.6 is 0 Å². The molecule has 1 heterocycles. The first-order valence-corrected chi connectivity index (χ1v) is 6.68. The summed E-state index contributed by atoms with van der Waals surface area (Å²) in [6.07, 6.45) is 7.37. The molecule has 1 saturated carbocycles. The third-order valence-electron chi connectivity index (χ3n) is 3.85. The molecular formula is C14H24NO2. The first kappa shape index (κ1) is 12.7. The van der Waals surface area contributed by atoms with E-state index in [0.29, 0.717) is 5.92 Å². The monoisotopic (exact) mass is 238 g/mol. The van der Waals surface area contributed by atoms with Gasteiger partial charge in [0.05, 0.1) is 11.1 Å². The normalized spacial score (nSPS) is 29.1. The lowest BCUT2D eigenvalue weighted by Crippen LogP contribution is -2.57. The van der Waals surface area contributed by atoms with E-state index in [1.165, 1.54) is 6.42 Å². The van der Waals surface area contributed by atoms with Crippen LogP contribution in [0.1, 0.15) is 59.8 Å². The molecule has 0 bridgehead atoms. The van der Waals surface area contributed by atoms with E-state index in [9.17, 15) is 5.11 Å². The smallest absolute Gasteiger partial charge is 0.345 e. The van der Waals surface area contributed by atoms with Crippen molar-refractivity contribution in [2.75, 3.05) is 0 Å². The minimum absolute atomic E-state index is 0.0607. The standard InChI is InChI=1S/C14H24NO2/c1-13(2)8-5-9-14(3,4)15(13)17-12(16)10-11-6-7-11/h10-11H,5-9H2,1-4H3. The van der Waals surface area contributed by atoms with Crippen LogP contribution in [-0.4, -0.2) is 16.1 Å². The van der Waals surface area contributed by atoms with Gasteiger partial charge in [-0.05, 0) is 65.7 Å². The summed E-state index contributed by atoms with van der Waals surface area (Å²) >= 11 is 0. The molecule has 0 aromatic heterocycles. The van der Waals surface area contributed by atoms with Crippen molar-refractivity contribution in [1.29, 1.82) is 0 Å². The molecule has 2 fully saturated rings. The van der Waals surface area contributed by atoms with E-state index in [0.717, 1.165) is 25.7 Å². The van der Waals surface area contributed by atoms with Crippen LogP contribution < -0.4 is 0 Å². The molecule has 2 rings (SSSR count). The Balaban J connectivity index is 2.08. The molecule has 1 saturated heterocycles. The maximum atomic E-state index is 11.8. The van der Waals surface area contributed by atoms with Gasteiger partial charge in [0.1, 0.15) is 0 Å². The summed E-state index contributed by atoms with van der Waals surface area (Å²) in [4.78, 5) is 5.61. The van der Waals surface area contributed by atoms with Gasteiger partial charge in [0.25, 0.3) is 0 Å². The number of piperidine rings is 1. The predicted molar refractivity (Wildman–Crippen MR) is 66.4 cm³/mol. The minimum atomic E-state index is -0.171. The van der Waals surface area contributed by atoms with Gasteiger partial charge in [0.15, 0.2) is 0 Å². The molecule has 0 unspecified atom stereocenters. The largest absolute Gasteiger partial charge is 0.363 e. The molecule has 0 aromatic carbocycles. The third-order valence-corrected chi connectivity index (χ3v) is 3.85. The molecule has 97 valence electrons. The van der Waals surface area contributed by atoms with Crippen molar-refractivity contribution in [2.24, 2.45) is 5.92 Å². The van der Waals surface area contributed by atoms with Crippen LogP contribution in [-0.2, 0) is 9.94 Å². The average Bonchev–Trinajstić information content (AvgIpc) is 2.95. The average molecular weight is 238 g/mol. The summed E-state index contributed by atoms with van der Waals surface area (Å²) in [5, 5.41) is 13.7. The molecule has 0 amide bonds. The number of rotatable bonds is 3. The van der Waals surface area contributed by atoms with Crippen molar-refractivity contribution in [2.45, 2.75) is 70.9 Å². The second-order valence-corrected chi connectivity index (χ2v) is 6.69. The van der Waals surface area contributed by atoms with E-state index < -0.39 is 0 Å². The Morgan fingerprint density at radius 2 is 1.71 bits per heavy atom. The van der Waals surface area contributed by atoms with E-state index in [4.69, 9.17) is 4.84 Å². The maximum absolute atomic E-state index is 11.8. The molecule has 2 aliphatic rings. The lowest BCUT2D eigenvalue weighted by Gasteiger charge is -2.50. The van der Waals surface area contributed by atoms with Crippen LogP contribution in [0.5, 0.6) is 0 Å². The zero-order valence-electron chi connectivity index (χ0n) is 11.5. The highest BCUT2D eigenvalue weighted by Crippen LogP contribution is 2.39. The van der Waals surface area contributed by atoms with E-state index in [2.05, 4.69) is 27.7 Å². The van der Waals surface area contributed by atoms with Crippen molar-refractivity contribution < 1.29 is 9.94 Å². The molecule has 1 aliphatic carbocycles. The molecule has 1 radical (unpaired) electrons. The first-order chi connectivity index (χ1) is 7.81. The quantitative estimate of drug-likeness (QED) is 0.703. The fourth-order valence-electron chi connectivity index (χ4n) is 2.80. The van der Waals surface area contributed by atoms with Gasteiger partial charge >= 0.3 is 5.95 Å². The number of allylic oxidation sites excluding steroid dienone is 1. The van der Waals surface area contributed by atoms with Gasteiger partial charge in [-0.15, -0.1) is 5.06 Å². The fraction of sp³-hybridized carbons (Fsp3) is 0.857. The van der Waals surface area contributed by atoms with Gasteiger partial charge in [-0.25, -0.2) is 5.11 Å². The molecule has 1 aliphatic heterocycles. The first-order valence-electron chi connectivity index (χ1n) is 6.68. The molecule has 3 nitrogen and oxygen atoms in total. The Hall–Kier alpha value is -0.700. The zero-order chi connectivity index (χ0) is 12.7. The van der Waals surface area contributed by atoms with Crippen molar-refractivity contribution in [1.82, 2.24) is 5.06 Å². The van der Waals surface area contributed by atoms with E-state index in [1.807, 2.05) is 5.06 Å². The topological polar surface area (TPSA) is 32.4 Å². The highest BCUT2D eigenvalue weighted by atomic mass is 16.7. The van der Waals surface area contributed by atoms with E-state index in [1.54, 1.807) is 6.08 Å². The second-order valence-electron chi connectivity index (χ2n) is 6.69. The maximum Gasteiger partial charge on any atom is 0.345 e. The van der Waals surface area contributed by atoms with Crippen molar-refractivity contribution in [3.63, 3.8) is 0 Å². The van der Waals surface area contributed by atoms with Crippen LogP contribution in [0.25, 0.3) is 0 Å². The molecule has 0 N–H and O–H groups in total. The SMILES string of the molecule is CC1(C)CCCC(C)(C)N1OC([O])=CC1CC1. The summed E-state index contributed by atoms with van der Waals surface area (Å²) in [5.74, 6) is 0.300. The fourth-order valence-corrected chi connectivity index (χ4v) is 2.80. The summed E-state index contributed by atoms with van der Waals surface area (Å²) in [6.45, 7) is 8.60. The van der Waals surface area contributed by atoms with Crippen LogP contribution in [0.15, 0.2) is 12.0 Å². The number of nitrogens with zero attached hydrogens (tertiary/aromatic N) is 1. The lowest BCUT2D eigenvalue weighted by atomic mass is 9.82. The lowest BCUT2D eigenvalue weighted by molar-refractivity contribution is -0.281. The predicted octanol–water partition coefficient (Wildman–Crippen LogP) is 3.64. The number of hydroxylamine groups is 2. The molecule has 17 heavy (non-hydrogen) atoms.